The predicted molar refractivity (Wildman–Crippen MR) is 146 cm³/mol. The number of ether oxygens (including phenoxy) is 2. The molecule has 0 aliphatic carbocycles. The van der Waals surface area contributed by atoms with Gasteiger partial charge in [-0.15, -0.1) is 11.3 Å². The zero-order valence-electron chi connectivity index (χ0n) is 21.5. The highest BCUT2D eigenvalue weighted by Crippen LogP contribution is 2.28. The molecule has 0 N–H and O–H groups in total. The lowest BCUT2D eigenvalue weighted by molar-refractivity contribution is 0.0729. The van der Waals surface area contributed by atoms with Crippen molar-refractivity contribution in [3.05, 3.63) is 111 Å². The summed E-state index contributed by atoms with van der Waals surface area (Å²) in [7, 11) is 3.26. The minimum atomic E-state index is -0.263. The molecule has 0 bridgehead atoms. The Morgan fingerprint density at radius 2 is 1.79 bits per heavy atom. The first-order valence-corrected chi connectivity index (χ1v) is 13.4. The topological polar surface area (TPSA) is 54.9 Å². The maximum absolute atomic E-state index is 13.5. The number of fused-ring (bicyclic) bond motifs is 1. The van der Waals surface area contributed by atoms with Crippen LogP contribution in [0.2, 0.25) is 0 Å². The highest BCUT2D eigenvalue weighted by molar-refractivity contribution is 7.09. The Balaban J connectivity index is 1.33. The van der Waals surface area contributed by atoms with E-state index in [0.717, 1.165) is 34.1 Å². The lowest BCUT2D eigenvalue weighted by atomic mass is 10.00. The molecule has 0 fully saturated rings. The summed E-state index contributed by atoms with van der Waals surface area (Å²) in [5, 5.41) is 2.70. The number of amides is 1. The summed E-state index contributed by atoms with van der Waals surface area (Å²) >= 11 is 1.48. The van der Waals surface area contributed by atoms with Crippen LogP contribution in [0.3, 0.4) is 0 Å². The number of carbonyl (C=O) groups is 1. The lowest BCUT2D eigenvalue weighted by Gasteiger charge is -2.28. The highest BCUT2D eigenvalue weighted by atomic mass is 32.1. The van der Waals surface area contributed by atoms with Gasteiger partial charge in [-0.05, 0) is 41.3 Å². The quantitative estimate of drug-likeness (QED) is 0.277. The van der Waals surface area contributed by atoms with Gasteiger partial charge in [-0.1, -0.05) is 42.5 Å². The number of thiazole rings is 1. The number of carbonyl (C=O) groups excluding carboxylic acids is 1. The molecule has 0 saturated carbocycles. The molecule has 3 aromatic carbocycles. The molecule has 6 nitrogen and oxygen atoms in total. The summed E-state index contributed by atoms with van der Waals surface area (Å²) in [6, 6.07) is 20.6. The molecule has 0 unspecified atom stereocenters. The molecule has 0 radical (unpaired) electrons. The molecule has 1 aromatic heterocycles. The summed E-state index contributed by atoms with van der Waals surface area (Å²) in [4.78, 5) is 22.1. The third kappa shape index (κ3) is 6.03. The zero-order chi connectivity index (χ0) is 26.5. The van der Waals surface area contributed by atoms with Crippen LogP contribution in [-0.2, 0) is 32.6 Å². The van der Waals surface area contributed by atoms with E-state index in [1.807, 2.05) is 40.6 Å². The summed E-state index contributed by atoms with van der Waals surface area (Å²) in [6.07, 6.45) is 0.855. The van der Waals surface area contributed by atoms with Gasteiger partial charge in [0, 0.05) is 43.2 Å². The molecule has 0 saturated heterocycles. The molecule has 196 valence electrons. The van der Waals surface area contributed by atoms with Crippen LogP contribution in [0.15, 0.2) is 72.1 Å². The largest absolute Gasteiger partial charge is 0.497 e. The van der Waals surface area contributed by atoms with Crippen LogP contribution in [0.25, 0.3) is 0 Å². The minimum Gasteiger partial charge on any atom is -0.497 e. The molecule has 4 aromatic rings. The Labute approximate surface area is 226 Å². The monoisotopic (exact) mass is 531 g/mol. The van der Waals surface area contributed by atoms with E-state index < -0.39 is 0 Å². The number of methoxy groups -OCH3 is 2. The Kier molecular flexibility index (Phi) is 8.00. The zero-order valence-corrected chi connectivity index (χ0v) is 22.3. The molecule has 1 aliphatic heterocycles. The van der Waals surface area contributed by atoms with E-state index in [0.29, 0.717) is 38.4 Å². The first-order valence-electron chi connectivity index (χ1n) is 12.5. The van der Waals surface area contributed by atoms with Crippen molar-refractivity contribution in [3.63, 3.8) is 0 Å². The second kappa shape index (κ2) is 11.8. The van der Waals surface area contributed by atoms with E-state index in [1.165, 1.54) is 34.6 Å². The van der Waals surface area contributed by atoms with Gasteiger partial charge in [-0.2, -0.15) is 0 Å². The van der Waals surface area contributed by atoms with Gasteiger partial charge in [0.25, 0.3) is 5.91 Å². The van der Waals surface area contributed by atoms with Crippen LogP contribution in [-0.4, -0.2) is 41.5 Å². The fraction of sp³-hybridized carbons (Fsp3) is 0.267. The molecule has 0 spiro atoms. The maximum Gasteiger partial charge on any atom is 0.273 e. The van der Waals surface area contributed by atoms with Gasteiger partial charge in [-0.3, -0.25) is 9.69 Å². The van der Waals surface area contributed by atoms with Crippen molar-refractivity contribution in [1.29, 1.82) is 0 Å². The summed E-state index contributed by atoms with van der Waals surface area (Å²) in [6.45, 7) is 3.00. The molecule has 5 rings (SSSR count). The van der Waals surface area contributed by atoms with Gasteiger partial charge in [0.1, 0.15) is 28.0 Å². The van der Waals surface area contributed by atoms with Crippen molar-refractivity contribution in [1.82, 2.24) is 14.8 Å². The standard InChI is InChI=1S/C30H30FN3O3S/c1-36-26-12-9-24(28(15-26)37-2)17-33(16-21-7-10-25(31)11-8-21)19-29-32-27(20-38-29)30(35)34-14-13-22-5-3-4-6-23(22)18-34/h3-12,15,20H,13-14,16-19H2,1-2H3. The number of aromatic nitrogens is 1. The Morgan fingerprint density at radius 3 is 2.55 bits per heavy atom. The number of halogens is 1. The normalized spacial score (nSPS) is 12.9. The second-order valence-corrected chi connectivity index (χ2v) is 10.3. The van der Waals surface area contributed by atoms with Gasteiger partial charge >= 0.3 is 0 Å². The fourth-order valence-electron chi connectivity index (χ4n) is 4.74. The van der Waals surface area contributed by atoms with E-state index in [-0.39, 0.29) is 11.7 Å². The number of rotatable bonds is 9. The molecular weight excluding hydrogens is 501 g/mol. The minimum absolute atomic E-state index is 0.0380. The SMILES string of the molecule is COc1ccc(CN(Cc2ccc(F)cc2)Cc2nc(C(=O)N3CCc4ccccc4C3)cs2)c(OC)c1. The van der Waals surface area contributed by atoms with Crippen LogP contribution in [0.1, 0.15) is 37.7 Å². The third-order valence-electron chi connectivity index (χ3n) is 6.76. The number of hydrogen-bond acceptors (Lipinski definition) is 6. The van der Waals surface area contributed by atoms with Gasteiger partial charge in [-0.25, -0.2) is 9.37 Å². The van der Waals surface area contributed by atoms with Crippen LogP contribution >= 0.6 is 11.3 Å². The Morgan fingerprint density at radius 1 is 1.00 bits per heavy atom. The predicted octanol–water partition coefficient (Wildman–Crippen LogP) is 5.70. The van der Waals surface area contributed by atoms with Crippen molar-refractivity contribution >= 4 is 17.2 Å². The molecule has 2 heterocycles. The van der Waals surface area contributed by atoms with Crippen molar-refractivity contribution < 1.29 is 18.7 Å². The molecular formula is C30H30FN3O3S. The highest BCUT2D eigenvalue weighted by Gasteiger charge is 2.24. The molecule has 8 heteroatoms. The first kappa shape index (κ1) is 25.9. The fourth-order valence-corrected chi connectivity index (χ4v) is 5.55. The molecule has 0 atom stereocenters. The number of nitrogens with zero attached hydrogens (tertiary/aromatic N) is 3. The molecule has 1 amide bonds. The van der Waals surface area contributed by atoms with E-state index in [2.05, 4.69) is 17.0 Å². The maximum atomic E-state index is 13.5. The third-order valence-corrected chi connectivity index (χ3v) is 7.59. The molecule has 38 heavy (non-hydrogen) atoms. The Bertz CT molecular complexity index is 1410. The van der Waals surface area contributed by atoms with E-state index in [4.69, 9.17) is 14.5 Å². The second-order valence-electron chi connectivity index (χ2n) is 9.32. The average Bonchev–Trinajstić information content (AvgIpc) is 3.42. The van der Waals surface area contributed by atoms with E-state index in [1.54, 1.807) is 26.4 Å². The summed E-state index contributed by atoms with van der Waals surface area (Å²) < 4.78 is 24.5. The van der Waals surface area contributed by atoms with Crippen LogP contribution in [0, 0.1) is 5.82 Å². The summed E-state index contributed by atoms with van der Waals surface area (Å²) in [5.41, 5.74) is 4.96. The van der Waals surface area contributed by atoms with Gasteiger partial charge in [0.2, 0.25) is 0 Å². The molecule has 1 aliphatic rings. The van der Waals surface area contributed by atoms with Gasteiger partial charge in [0.15, 0.2) is 0 Å². The van der Waals surface area contributed by atoms with Crippen molar-refractivity contribution in [2.45, 2.75) is 32.6 Å². The summed E-state index contributed by atoms with van der Waals surface area (Å²) in [5.74, 6) is 1.15. The van der Waals surface area contributed by atoms with Crippen molar-refractivity contribution in [2.24, 2.45) is 0 Å². The Hall–Kier alpha value is -3.75. The van der Waals surface area contributed by atoms with E-state index in [9.17, 15) is 9.18 Å². The van der Waals surface area contributed by atoms with Crippen molar-refractivity contribution in [3.8, 4) is 11.5 Å². The smallest absolute Gasteiger partial charge is 0.273 e. The van der Waals surface area contributed by atoms with Crippen LogP contribution < -0.4 is 9.47 Å². The van der Waals surface area contributed by atoms with Gasteiger partial charge < -0.3 is 14.4 Å². The average molecular weight is 532 g/mol. The first-order chi connectivity index (χ1) is 18.5. The van der Waals surface area contributed by atoms with Gasteiger partial charge in [0.05, 0.1) is 20.8 Å². The van der Waals surface area contributed by atoms with Crippen molar-refractivity contribution in [2.75, 3.05) is 20.8 Å². The van der Waals surface area contributed by atoms with E-state index >= 15 is 0 Å². The van der Waals surface area contributed by atoms with Crippen LogP contribution in [0.5, 0.6) is 11.5 Å². The lowest BCUT2D eigenvalue weighted by Crippen LogP contribution is -2.36. The van der Waals surface area contributed by atoms with Crippen LogP contribution in [0.4, 0.5) is 4.39 Å². The number of benzene rings is 3. The number of hydrogen-bond donors (Lipinski definition) is 0.